The smallest absolute Gasteiger partial charge is 0.255 e. The summed E-state index contributed by atoms with van der Waals surface area (Å²) in [6, 6.07) is 9.02. The van der Waals surface area contributed by atoms with Crippen LogP contribution in [0.2, 0.25) is 5.02 Å². The van der Waals surface area contributed by atoms with Gasteiger partial charge in [-0.25, -0.2) is 0 Å². The molecule has 0 aliphatic carbocycles. The van der Waals surface area contributed by atoms with Crippen LogP contribution in [0, 0.1) is 20.8 Å². The molecule has 0 unspecified atom stereocenters. The van der Waals surface area contributed by atoms with Gasteiger partial charge in [-0.1, -0.05) is 23.7 Å². The summed E-state index contributed by atoms with van der Waals surface area (Å²) in [7, 11) is 0. The van der Waals surface area contributed by atoms with Gasteiger partial charge in [-0.2, -0.15) is 0 Å². The fraction of sp³-hybridized carbons (Fsp3) is 0.188. The molecule has 0 aliphatic rings. The molecule has 3 N–H and O–H groups in total. The van der Waals surface area contributed by atoms with Crippen molar-refractivity contribution in [3.63, 3.8) is 0 Å². The summed E-state index contributed by atoms with van der Waals surface area (Å²) in [5, 5.41) is 3.47. The summed E-state index contributed by atoms with van der Waals surface area (Å²) in [4.78, 5) is 12.3. The number of nitrogens with one attached hydrogen (secondary N) is 1. The molecule has 0 saturated carbocycles. The van der Waals surface area contributed by atoms with Gasteiger partial charge in [0.2, 0.25) is 0 Å². The Labute approximate surface area is 123 Å². The Morgan fingerprint density at radius 3 is 2.55 bits per heavy atom. The predicted octanol–water partition coefficient (Wildman–Crippen LogP) is 4.10. The van der Waals surface area contributed by atoms with Crippen LogP contribution in [-0.2, 0) is 0 Å². The molecule has 104 valence electrons. The highest BCUT2D eigenvalue weighted by molar-refractivity contribution is 6.32. The van der Waals surface area contributed by atoms with Crippen molar-refractivity contribution >= 4 is 28.9 Å². The van der Waals surface area contributed by atoms with E-state index < -0.39 is 0 Å². The lowest BCUT2D eigenvalue weighted by Crippen LogP contribution is -2.14. The zero-order valence-electron chi connectivity index (χ0n) is 11.8. The van der Waals surface area contributed by atoms with Crippen molar-refractivity contribution in [2.24, 2.45) is 0 Å². The number of hydrogen-bond acceptors (Lipinski definition) is 2. The summed E-state index contributed by atoms with van der Waals surface area (Å²) in [6.07, 6.45) is 0. The molecule has 2 aromatic carbocycles. The molecule has 0 radical (unpaired) electrons. The zero-order chi connectivity index (χ0) is 14.9. The SMILES string of the molecule is Cc1cc(C)c(NC(=O)c2cccc(Cl)c2C)cc1N. The first-order valence-electron chi connectivity index (χ1n) is 6.33. The number of rotatable bonds is 2. The van der Waals surface area contributed by atoms with Gasteiger partial charge in [-0.3, -0.25) is 4.79 Å². The van der Waals surface area contributed by atoms with Crippen LogP contribution in [0.5, 0.6) is 0 Å². The lowest BCUT2D eigenvalue weighted by Gasteiger charge is -2.12. The molecule has 0 bridgehead atoms. The van der Waals surface area contributed by atoms with Crippen LogP contribution in [0.3, 0.4) is 0 Å². The first kappa shape index (κ1) is 14.4. The molecule has 0 heterocycles. The number of aryl methyl sites for hydroxylation is 2. The van der Waals surface area contributed by atoms with Gasteiger partial charge < -0.3 is 11.1 Å². The molecule has 0 aromatic heterocycles. The van der Waals surface area contributed by atoms with Crippen LogP contribution >= 0.6 is 11.6 Å². The fourth-order valence-corrected chi connectivity index (χ4v) is 2.22. The maximum Gasteiger partial charge on any atom is 0.255 e. The van der Waals surface area contributed by atoms with E-state index >= 15 is 0 Å². The Hall–Kier alpha value is -2.00. The third-order valence-corrected chi connectivity index (χ3v) is 3.78. The van der Waals surface area contributed by atoms with E-state index in [-0.39, 0.29) is 5.91 Å². The molecule has 3 nitrogen and oxygen atoms in total. The number of halogens is 1. The quantitative estimate of drug-likeness (QED) is 0.818. The molecule has 0 fully saturated rings. The Morgan fingerprint density at radius 1 is 1.15 bits per heavy atom. The Balaban J connectivity index is 2.33. The number of benzene rings is 2. The van der Waals surface area contributed by atoms with E-state index in [1.54, 1.807) is 24.3 Å². The van der Waals surface area contributed by atoms with Crippen LogP contribution in [-0.4, -0.2) is 5.91 Å². The summed E-state index contributed by atoms with van der Waals surface area (Å²) >= 11 is 6.04. The highest BCUT2D eigenvalue weighted by Crippen LogP contribution is 2.24. The molecule has 20 heavy (non-hydrogen) atoms. The van der Waals surface area contributed by atoms with Crippen molar-refractivity contribution in [1.82, 2.24) is 0 Å². The molecule has 0 atom stereocenters. The molecule has 4 heteroatoms. The Bertz CT molecular complexity index is 680. The van der Waals surface area contributed by atoms with Gasteiger partial charge in [0, 0.05) is 22.0 Å². The standard InChI is InChI=1S/C16H17ClN2O/c1-9-7-10(2)15(8-14(9)18)19-16(20)12-5-4-6-13(17)11(12)3/h4-8H,18H2,1-3H3,(H,19,20). The topological polar surface area (TPSA) is 55.1 Å². The summed E-state index contributed by atoms with van der Waals surface area (Å²) in [6.45, 7) is 5.70. The first-order chi connectivity index (χ1) is 9.40. The van der Waals surface area contributed by atoms with Crippen molar-refractivity contribution < 1.29 is 4.79 Å². The van der Waals surface area contributed by atoms with Gasteiger partial charge in [0.25, 0.3) is 5.91 Å². The van der Waals surface area contributed by atoms with E-state index in [2.05, 4.69) is 5.32 Å². The first-order valence-corrected chi connectivity index (χ1v) is 6.71. The molecule has 0 aliphatic heterocycles. The molecule has 0 saturated heterocycles. The number of nitrogens with two attached hydrogens (primary N) is 1. The van der Waals surface area contributed by atoms with Gasteiger partial charge in [0.15, 0.2) is 0 Å². The minimum atomic E-state index is -0.184. The number of nitrogen functional groups attached to an aromatic ring is 1. The van der Waals surface area contributed by atoms with Gasteiger partial charge >= 0.3 is 0 Å². The number of anilines is 2. The van der Waals surface area contributed by atoms with E-state index in [0.717, 1.165) is 22.4 Å². The molecule has 1 amide bonds. The highest BCUT2D eigenvalue weighted by atomic mass is 35.5. The molecule has 0 spiro atoms. The van der Waals surface area contributed by atoms with Crippen LogP contribution in [0.4, 0.5) is 11.4 Å². The molecule has 2 aromatic rings. The lowest BCUT2D eigenvalue weighted by atomic mass is 10.1. The van der Waals surface area contributed by atoms with Crippen molar-refractivity contribution in [1.29, 1.82) is 0 Å². The van der Waals surface area contributed by atoms with Crippen molar-refractivity contribution in [2.45, 2.75) is 20.8 Å². The zero-order valence-corrected chi connectivity index (χ0v) is 12.5. The summed E-state index contributed by atoms with van der Waals surface area (Å²) in [5.74, 6) is -0.184. The minimum absolute atomic E-state index is 0.184. The van der Waals surface area contributed by atoms with Crippen LogP contribution < -0.4 is 11.1 Å². The lowest BCUT2D eigenvalue weighted by molar-refractivity contribution is 0.102. The van der Waals surface area contributed by atoms with Crippen LogP contribution in [0.15, 0.2) is 30.3 Å². The summed E-state index contributed by atoms with van der Waals surface area (Å²) < 4.78 is 0. The van der Waals surface area contributed by atoms with Crippen LogP contribution in [0.1, 0.15) is 27.0 Å². The molecule has 2 rings (SSSR count). The van der Waals surface area contributed by atoms with Crippen molar-refractivity contribution in [3.8, 4) is 0 Å². The third-order valence-electron chi connectivity index (χ3n) is 3.37. The number of amides is 1. The highest BCUT2D eigenvalue weighted by Gasteiger charge is 2.12. The van der Waals surface area contributed by atoms with E-state index in [1.807, 2.05) is 26.8 Å². The second kappa shape index (κ2) is 5.55. The van der Waals surface area contributed by atoms with Crippen molar-refractivity contribution in [3.05, 3.63) is 57.6 Å². The molecular weight excluding hydrogens is 272 g/mol. The van der Waals surface area contributed by atoms with Crippen LogP contribution in [0.25, 0.3) is 0 Å². The number of hydrogen-bond donors (Lipinski definition) is 2. The number of carbonyl (C=O) groups excluding carboxylic acids is 1. The third kappa shape index (κ3) is 2.78. The van der Waals surface area contributed by atoms with Crippen molar-refractivity contribution in [2.75, 3.05) is 11.1 Å². The maximum absolute atomic E-state index is 12.3. The largest absolute Gasteiger partial charge is 0.398 e. The molecular formula is C16H17ClN2O. The maximum atomic E-state index is 12.3. The van der Waals surface area contributed by atoms with Gasteiger partial charge in [-0.05, 0) is 55.7 Å². The Kier molecular flexibility index (Phi) is 4.00. The average molecular weight is 289 g/mol. The van der Waals surface area contributed by atoms with Gasteiger partial charge in [0.1, 0.15) is 0 Å². The van der Waals surface area contributed by atoms with E-state index in [9.17, 15) is 4.79 Å². The summed E-state index contributed by atoms with van der Waals surface area (Å²) in [5.41, 5.74) is 10.6. The van der Waals surface area contributed by atoms with E-state index in [4.69, 9.17) is 17.3 Å². The monoisotopic (exact) mass is 288 g/mol. The number of carbonyl (C=O) groups is 1. The Morgan fingerprint density at radius 2 is 1.85 bits per heavy atom. The second-order valence-corrected chi connectivity index (χ2v) is 5.30. The fourth-order valence-electron chi connectivity index (χ4n) is 2.05. The van der Waals surface area contributed by atoms with E-state index in [0.29, 0.717) is 16.3 Å². The van der Waals surface area contributed by atoms with E-state index in [1.165, 1.54) is 0 Å². The minimum Gasteiger partial charge on any atom is -0.398 e. The van der Waals surface area contributed by atoms with Gasteiger partial charge in [-0.15, -0.1) is 0 Å². The predicted molar refractivity (Wildman–Crippen MR) is 84.5 cm³/mol. The van der Waals surface area contributed by atoms with Gasteiger partial charge in [0.05, 0.1) is 0 Å². The normalized spacial score (nSPS) is 10.4. The average Bonchev–Trinajstić information content (AvgIpc) is 2.39. The second-order valence-electron chi connectivity index (χ2n) is 4.89.